The zero-order chi connectivity index (χ0) is 14.4. The summed E-state index contributed by atoms with van der Waals surface area (Å²) in [7, 11) is 0. The molecule has 0 atom stereocenters. The molecule has 1 amide bonds. The summed E-state index contributed by atoms with van der Waals surface area (Å²) in [6.45, 7) is 2.18. The Morgan fingerprint density at radius 1 is 1.45 bits per heavy atom. The van der Waals surface area contributed by atoms with Gasteiger partial charge in [0.15, 0.2) is 5.13 Å². The van der Waals surface area contributed by atoms with Crippen LogP contribution in [0.4, 0.5) is 10.8 Å². The van der Waals surface area contributed by atoms with Gasteiger partial charge in [-0.2, -0.15) is 11.8 Å². The van der Waals surface area contributed by atoms with Gasteiger partial charge in [0.05, 0.1) is 16.0 Å². The number of aromatic nitrogens is 1. The molecule has 0 saturated carbocycles. The fourth-order valence-corrected chi connectivity index (χ4v) is 3.51. The average molecular weight is 309 g/mol. The van der Waals surface area contributed by atoms with Gasteiger partial charge in [0.1, 0.15) is 0 Å². The number of nitrogens with two attached hydrogens (primary N) is 1. The number of thiazole rings is 1. The van der Waals surface area contributed by atoms with Crippen molar-refractivity contribution < 1.29 is 4.79 Å². The second-order valence-corrected chi connectivity index (χ2v) is 6.69. The zero-order valence-corrected chi connectivity index (χ0v) is 13.1. The van der Waals surface area contributed by atoms with Crippen molar-refractivity contribution in [3.63, 3.8) is 0 Å². The number of carbonyl (C=O) groups excluding carboxylic acids is 1. The molecule has 2 aromatic rings. The number of nitrogens with zero attached hydrogens (tertiary/aromatic N) is 1. The summed E-state index contributed by atoms with van der Waals surface area (Å²) in [6, 6.07) is 5.57. The van der Waals surface area contributed by atoms with E-state index in [1.165, 1.54) is 30.6 Å². The van der Waals surface area contributed by atoms with Crippen molar-refractivity contribution in [1.82, 2.24) is 4.98 Å². The monoisotopic (exact) mass is 309 g/mol. The Morgan fingerprint density at radius 2 is 2.30 bits per heavy atom. The molecule has 1 aromatic carbocycles. The van der Waals surface area contributed by atoms with Crippen LogP contribution in [0.1, 0.15) is 26.2 Å². The first-order valence-electron chi connectivity index (χ1n) is 6.72. The van der Waals surface area contributed by atoms with E-state index in [1.54, 1.807) is 11.8 Å². The van der Waals surface area contributed by atoms with Crippen molar-refractivity contribution >= 4 is 50.0 Å². The maximum atomic E-state index is 11.8. The van der Waals surface area contributed by atoms with E-state index < -0.39 is 0 Å². The maximum absolute atomic E-state index is 11.8. The van der Waals surface area contributed by atoms with Crippen LogP contribution in [-0.4, -0.2) is 22.4 Å². The Morgan fingerprint density at radius 3 is 3.10 bits per heavy atom. The molecular weight excluding hydrogens is 290 g/mol. The smallest absolute Gasteiger partial charge is 0.236 e. The van der Waals surface area contributed by atoms with Gasteiger partial charge in [-0.1, -0.05) is 31.1 Å². The molecule has 20 heavy (non-hydrogen) atoms. The molecule has 0 aliphatic heterocycles. The Labute approximate surface area is 127 Å². The van der Waals surface area contributed by atoms with Gasteiger partial charge in [-0.25, -0.2) is 4.98 Å². The number of hydrogen-bond acceptors (Lipinski definition) is 5. The lowest BCUT2D eigenvalue weighted by atomic mass is 10.3. The van der Waals surface area contributed by atoms with E-state index in [1.807, 2.05) is 18.2 Å². The van der Waals surface area contributed by atoms with Gasteiger partial charge in [-0.15, -0.1) is 0 Å². The van der Waals surface area contributed by atoms with Crippen LogP contribution in [0.25, 0.3) is 10.2 Å². The number of fused-ring (bicyclic) bond motifs is 1. The fourth-order valence-electron chi connectivity index (χ4n) is 1.77. The Bertz CT molecular complexity index is 583. The second kappa shape index (κ2) is 7.50. The van der Waals surface area contributed by atoms with E-state index in [2.05, 4.69) is 17.2 Å². The number of amides is 1. The normalized spacial score (nSPS) is 10.8. The minimum Gasteiger partial charge on any atom is -0.399 e. The minimum absolute atomic E-state index is 0.0125. The maximum Gasteiger partial charge on any atom is 0.236 e. The number of nitrogens with one attached hydrogen (secondary N) is 1. The van der Waals surface area contributed by atoms with Crippen molar-refractivity contribution in [2.45, 2.75) is 26.2 Å². The zero-order valence-electron chi connectivity index (χ0n) is 11.5. The van der Waals surface area contributed by atoms with Gasteiger partial charge in [-0.3, -0.25) is 4.79 Å². The summed E-state index contributed by atoms with van der Waals surface area (Å²) in [5.41, 5.74) is 7.31. The lowest BCUT2D eigenvalue weighted by Gasteiger charge is -2.01. The number of benzene rings is 1. The molecule has 0 aliphatic carbocycles. The summed E-state index contributed by atoms with van der Waals surface area (Å²) in [4.78, 5) is 16.2. The summed E-state index contributed by atoms with van der Waals surface area (Å²) >= 11 is 3.13. The Kier molecular flexibility index (Phi) is 5.67. The molecule has 108 valence electrons. The van der Waals surface area contributed by atoms with Crippen LogP contribution in [0.3, 0.4) is 0 Å². The van der Waals surface area contributed by atoms with Crippen molar-refractivity contribution in [2.24, 2.45) is 0 Å². The number of unbranched alkanes of at least 4 members (excludes halogenated alkanes) is 2. The Hall–Kier alpha value is -1.27. The first-order chi connectivity index (χ1) is 9.69. The SMILES string of the molecule is CCCCCSCC(=O)Nc1nc2ccc(N)cc2s1. The Balaban J connectivity index is 1.83. The lowest BCUT2D eigenvalue weighted by molar-refractivity contribution is -0.113. The number of rotatable bonds is 7. The van der Waals surface area contributed by atoms with Crippen molar-refractivity contribution in [1.29, 1.82) is 0 Å². The van der Waals surface area contributed by atoms with E-state index in [0.717, 1.165) is 16.0 Å². The van der Waals surface area contributed by atoms with Gasteiger partial charge in [0, 0.05) is 5.69 Å². The summed E-state index contributed by atoms with van der Waals surface area (Å²) in [5.74, 6) is 1.54. The largest absolute Gasteiger partial charge is 0.399 e. The van der Waals surface area contributed by atoms with E-state index in [4.69, 9.17) is 5.73 Å². The predicted octanol–water partition coefficient (Wildman–Crippen LogP) is 3.74. The first-order valence-corrected chi connectivity index (χ1v) is 8.70. The highest BCUT2D eigenvalue weighted by Gasteiger charge is 2.08. The minimum atomic E-state index is 0.0125. The van der Waals surface area contributed by atoms with Crippen LogP contribution in [0, 0.1) is 0 Å². The van der Waals surface area contributed by atoms with Gasteiger partial charge in [0.2, 0.25) is 5.91 Å². The molecule has 4 nitrogen and oxygen atoms in total. The molecule has 2 rings (SSSR count). The molecule has 1 heterocycles. The quantitative estimate of drug-likeness (QED) is 0.604. The third-order valence-corrected chi connectivity index (χ3v) is 4.76. The third kappa shape index (κ3) is 4.38. The van der Waals surface area contributed by atoms with E-state index >= 15 is 0 Å². The van der Waals surface area contributed by atoms with Crippen LogP contribution in [0.15, 0.2) is 18.2 Å². The highest BCUT2D eigenvalue weighted by atomic mass is 32.2. The summed E-state index contributed by atoms with van der Waals surface area (Å²) < 4.78 is 0.996. The predicted molar refractivity (Wildman–Crippen MR) is 89.5 cm³/mol. The highest BCUT2D eigenvalue weighted by Crippen LogP contribution is 2.27. The van der Waals surface area contributed by atoms with Crippen LogP contribution in [-0.2, 0) is 4.79 Å². The summed E-state index contributed by atoms with van der Waals surface area (Å²) in [5, 5.41) is 3.49. The molecule has 0 unspecified atom stereocenters. The molecule has 6 heteroatoms. The lowest BCUT2D eigenvalue weighted by Crippen LogP contribution is -2.14. The fraction of sp³-hybridized carbons (Fsp3) is 0.429. The molecule has 0 fully saturated rings. The third-order valence-electron chi connectivity index (χ3n) is 2.78. The van der Waals surface area contributed by atoms with E-state index in [-0.39, 0.29) is 5.91 Å². The van der Waals surface area contributed by atoms with Crippen LogP contribution >= 0.6 is 23.1 Å². The first kappa shape index (κ1) is 15.1. The number of anilines is 2. The van der Waals surface area contributed by atoms with Crippen molar-refractivity contribution in [2.75, 3.05) is 22.6 Å². The molecule has 0 saturated heterocycles. The van der Waals surface area contributed by atoms with Crippen LogP contribution in [0.5, 0.6) is 0 Å². The summed E-state index contributed by atoms with van der Waals surface area (Å²) in [6.07, 6.45) is 3.62. The topological polar surface area (TPSA) is 68.0 Å². The number of thioether (sulfide) groups is 1. The van der Waals surface area contributed by atoms with Gasteiger partial charge in [-0.05, 0) is 30.4 Å². The van der Waals surface area contributed by atoms with Gasteiger partial charge in [0.25, 0.3) is 0 Å². The molecule has 3 N–H and O–H groups in total. The van der Waals surface area contributed by atoms with Crippen molar-refractivity contribution in [3.8, 4) is 0 Å². The average Bonchev–Trinajstić information content (AvgIpc) is 2.79. The van der Waals surface area contributed by atoms with Crippen molar-refractivity contribution in [3.05, 3.63) is 18.2 Å². The number of hydrogen-bond donors (Lipinski definition) is 2. The van der Waals surface area contributed by atoms with Gasteiger partial charge >= 0.3 is 0 Å². The van der Waals surface area contributed by atoms with Crippen LogP contribution in [0.2, 0.25) is 0 Å². The molecule has 0 bridgehead atoms. The van der Waals surface area contributed by atoms with Crippen LogP contribution < -0.4 is 11.1 Å². The van der Waals surface area contributed by atoms with E-state index in [0.29, 0.717) is 16.6 Å². The molecule has 0 radical (unpaired) electrons. The number of nitrogen functional groups attached to an aromatic ring is 1. The molecular formula is C14H19N3OS2. The van der Waals surface area contributed by atoms with E-state index in [9.17, 15) is 4.79 Å². The second-order valence-electron chi connectivity index (χ2n) is 4.55. The highest BCUT2D eigenvalue weighted by molar-refractivity contribution is 7.99. The molecule has 0 aliphatic rings. The number of carbonyl (C=O) groups is 1. The molecule has 0 spiro atoms. The molecule has 1 aromatic heterocycles. The standard InChI is InChI=1S/C14H19N3OS2/c1-2-3-4-7-19-9-13(18)17-14-16-11-6-5-10(15)8-12(11)20-14/h5-6,8H,2-4,7,9,15H2,1H3,(H,16,17,18). The van der Waals surface area contributed by atoms with Gasteiger partial charge < -0.3 is 11.1 Å².